The van der Waals surface area contributed by atoms with E-state index in [1.807, 2.05) is 48.8 Å². The van der Waals surface area contributed by atoms with E-state index in [1.54, 1.807) is 0 Å². The van der Waals surface area contributed by atoms with Gasteiger partial charge in [-0.1, -0.05) is 170 Å². The molecule has 0 amide bonds. The van der Waals surface area contributed by atoms with E-state index in [4.69, 9.17) is 15.0 Å². The average molecular weight is 932 g/mol. The molecule has 0 atom stereocenters. The van der Waals surface area contributed by atoms with Crippen LogP contribution < -0.4 is 0 Å². The summed E-state index contributed by atoms with van der Waals surface area (Å²) in [4.78, 5) is 20.0. The van der Waals surface area contributed by atoms with Crippen LogP contribution in [0.15, 0.2) is 249 Å². The van der Waals surface area contributed by atoms with E-state index < -0.39 is 0 Å². The topological polar surface area (TPSA) is 66.3 Å². The van der Waals surface area contributed by atoms with Crippen LogP contribution in [-0.2, 0) is 0 Å². The van der Waals surface area contributed by atoms with Crippen LogP contribution in [0.1, 0.15) is 0 Å². The highest BCUT2D eigenvalue weighted by molar-refractivity contribution is 6.15. The molecule has 5 aromatic heterocycles. The van der Waals surface area contributed by atoms with Crippen molar-refractivity contribution in [1.82, 2.24) is 33.6 Å². The molecule has 15 aromatic rings. The van der Waals surface area contributed by atoms with Crippen LogP contribution >= 0.6 is 0 Å². The first-order chi connectivity index (χ1) is 36.2. The van der Waals surface area contributed by atoms with Crippen molar-refractivity contribution in [1.29, 1.82) is 0 Å². The Hall–Kier alpha value is -9.98. The van der Waals surface area contributed by atoms with Gasteiger partial charge in [-0.05, 0) is 99.8 Å². The number of pyridine rings is 1. The second kappa shape index (κ2) is 16.3. The number of para-hydroxylation sites is 3. The van der Waals surface area contributed by atoms with E-state index in [1.165, 1.54) is 49.0 Å². The van der Waals surface area contributed by atoms with Crippen molar-refractivity contribution in [3.05, 3.63) is 249 Å². The first-order valence-electron chi connectivity index (χ1n) is 24.6. The van der Waals surface area contributed by atoms with Gasteiger partial charge in [-0.25, -0.2) is 4.98 Å². The minimum absolute atomic E-state index is 0.571. The number of hydrogen-bond acceptors (Lipinski definition) is 4. The Bertz CT molecular complexity index is 4610. The molecule has 7 nitrogen and oxygen atoms in total. The maximum absolute atomic E-state index is 5.20. The van der Waals surface area contributed by atoms with Crippen LogP contribution in [0.25, 0.3) is 139 Å². The first kappa shape index (κ1) is 40.9. The van der Waals surface area contributed by atoms with Gasteiger partial charge in [-0.2, -0.15) is 9.97 Å². The van der Waals surface area contributed by atoms with E-state index in [0.717, 1.165) is 72.0 Å². The number of aromatic nitrogens is 7. The summed E-state index contributed by atoms with van der Waals surface area (Å²) in [7, 11) is 0. The zero-order valence-corrected chi connectivity index (χ0v) is 39.3. The number of hydrogen-bond donors (Lipinski definition) is 0. The van der Waals surface area contributed by atoms with Crippen molar-refractivity contribution in [2.45, 2.75) is 0 Å². The Morgan fingerprint density at radius 2 is 0.753 bits per heavy atom. The predicted octanol–water partition coefficient (Wildman–Crippen LogP) is 16.4. The predicted molar refractivity (Wildman–Crippen MR) is 300 cm³/mol. The molecule has 7 heteroatoms. The Morgan fingerprint density at radius 3 is 1.44 bits per heavy atom. The van der Waals surface area contributed by atoms with Crippen molar-refractivity contribution >= 4 is 76.2 Å². The van der Waals surface area contributed by atoms with Crippen molar-refractivity contribution in [2.24, 2.45) is 0 Å². The third kappa shape index (κ3) is 6.46. The van der Waals surface area contributed by atoms with E-state index >= 15 is 0 Å². The lowest BCUT2D eigenvalue weighted by Gasteiger charge is -2.13. The molecule has 0 aliphatic carbocycles. The van der Waals surface area contributed by atoms with Gasteiger partial charge in [0.15, 0.2) is 11.6 Å². The smallest absolute Gasteiger partial charge is 0.238 e. The lowest BCUT2D eigenvalue weighted by atomic mass is 9.92. The van der Waals surface area contributed by atoms with Gasteiger partial charge in [0, 0.05) is 61.0 Å². The maximum atomic E-state index is 5.20. The molecule has 73 heavy (non-hydrogen) atoms. The SMILES string of the molecule is c1ccc(-c2nc(-c3ccccc3)nc(-n3c4ccccc4c4ccc(-c5cccc6c(-c7ccc8c(c7)c7ccccc7n8-c7ccc8c(c7)c7ccncc7n8-c7ccccc7)cccc56)cc43)n2)cc1. The monoisotopic (exact) mass is 931 g/mol. The summed E-state index contributed by atoms with van der Waals surface area (Å²) in [5.41, 5.74) is 15.3. The van der Waals surface area contributed by atoms with Gasteiger partial charge in [0.05, 0.1) is 39.3 Å². The highest BCUT2D eigenvalue weighted by Crippen LogP contribution is 2.42. The fraction of sp³-hybridized carbons (Fsp3) is 0. The van der Waals surface area contributed by atoms with E-state index in [0.29, 0.717) is 17.6 Å². The van der Waals surface area contributed by atoms with E-state index in [9.17, 15) is 0 Å². The fourth-order valence-corrected chi connectivity index (χ4v) is 11.3. The standard InChI is InChI=1S/C66H41N7/c1-4-16-42(17-5-1)64-68-65(43-18-6-2-7-19-43)70-66(69-64)73-59-29-13-10-22-52(59)54-33-30-45(39-62(54)73)49-25-15-26-50-48(24-14-27-51(49)50)44-31-34-60-56(38-44)53-23-11-12-28-58(53)72(60)47-32-35-61-57(40-47)55-36-37-67-41-63(55)71(61)46-20-8-3-9-21-46/h1-41H. The second-order valence-corrected chi connectivity index (χ2v) is 18.7. The van der Waals surface area contributed by atoms with Crippen LogP contribution in [0.5, 0.6) is 0 Å². The van der Waals surface area contributed by atoms with Crippen LogP contribution in [0.4, 0.5) is 0 Å². The van der Waals surface area contributed by atoms with E-state index in [2.05, 4.69) is 219 Å². The van der Waals surface area contributed by atoms with Crippen LogP contribution in [0.2, 0.25) is 0 Å². The van der Waals surface area contributed by atoms with Gasteiger partial charge in [-0.3, -0.25) is 9.55 Å². The summed E-state index contributed by atoms with van der Waals surface area (Å²) >= 11 is 0. The second-order valence-electron chi connectivity index (χ2n) is 18.7. The van der Waals surface area contributed by atoms with Crippen LogP contribution in [-0.4, -0.2) is 33.6 Å². The molecule has 0 radical (unpaired) electrons. The highest BCUT2D eigenvalue weighted by Gasteiger charge is 2.21. The van der Waals surface area contributed by atoms with E-state index in [-0.39, 0.29) is 0 Å². The minimum atomic E-state index is 0.571. The third-order valence-electron chi connectivity index (χ3n) is 14.6. The molecule has 0 aliphatic rings. The van der Waals surface area contributed by atoms with Crippen LogP contribution in [0.3, 0.4) is 0 Å². The molecule has 340 valence electrons. The molecule has 0 bridgehead atoms. The molecule has 0 unspecified atom stereocenters. The Labute approximate surface area is 419 Å². The maximum Gasteiger partial charge on any atom is 0.238 e. The van der Waals surface area contributed by atoms with Gasteiger partial charge < -0.3 is 9.13 Å². The first-order valence-corrected chi connectivity index (χ1v) is 24.6. The summed E-state index contributed by atoms with van der Waals surface area (Å²) in [6, 6.07) is 84.3. The molecule has 10 aromatic carbocycles. The summed E-state index contributed by atoms with van der Waals surface area (Å²) < 4.78 is 6.93. The van der Waals surface area contributed by atoms with Gasteiger partial charge in [0.25, 0.3) is 0 Å². The van der Waals surface area contributed by atoms with Crippen molar-refractivity contribution in [3.63, 3.8) is 0 Å². The molecule has 0 N–H and O–H groups in total. The molecule has 0 spiro atoms. The number of rotatable bonds is 7. The van der Waals surface area contributed by atoms with Crippen molar-refractivity contribution in [2.75, 3.05) is 0 Å². The lowest BCUT2D eigenvalue weighted by Crippen LogP contribution is -2.06. The quantitative estimate of drug-likeness (QED) is 0.160. The van der Waals surface area contributed by atoms with Crippen molar-refractivity contribution < 1.29 is 0 Å². The Kier molecular flexibility index (Phi) is 9.13. The molecule has 0 fully saturated rings. The largest absolute Gasteiger partial charge is 0.309 e. The minimum Gasteiger partial charge on any atom is -0.309 e. The number of nitrogens with zero attached hydrogens (tertiary/aromatic N) is 7. The van der Waals surface area contributed by atoms with Crippen molar-refractivity contribution in [3.8, 4) is 62.4 Å². The Balaban J connectivity index is 0.872. The summed E-state index contributed by atoms with van der Waals surface area (Å²) in [5.74, 6) is 1.82. The van der Waals surface area contributed by atoms with Gasteiger partial charge in [0.1, 0.15) is 0 Å². The average Bonchev–Trinajstić information content (AvgIpc) is 4.12. The van der Waals surface area contributed by atoms with Gasteiger partial charge in [0.2, 0.25) is 5.95 Å². The normalized spacial score (nSPS) is 11.8. The molecule has 0 saturated heterocycles. The summed E-state index contributed by atoms with van der Waals surface area (Å²) in [6.45, 7) is 0. The zero-order valence-electron chi connectivity index (χ0n) is 39.3. The lowest BCUT2D eigenvalue weighted by molar-refractivity contribution is 0.953. The van der Waals surface area contributed by atoms with Gasteiger partial charge in [-0.15, -0.1) is 0 Å². The fourth-order valence-electron chi connectivity index (χ4n) is 11.3. The van der Waals surface area contributed by atoms with Crippen LogP contribution in [0, 0.1) is 0 Å². The number of benzene rings is 10. The Morgan fingerprint density at radius 1 is 0.260 bits per heavy atom. The number of fused-ring (bicyclic) bond motifs is 10. The molecule has 15 rings (SSSR count). The molecule has 0 saturated carbocycles. The molecular formula is C66H41N7. The highest BCUT2D eigenvalue weighted by atomic mass is 15.2. The van der Waals surface area contributed by atoms with Gasteiger partial charge >= 0.3 is 0 Å². The molecular weight excluding hydrogens is 891 g/mol. The molecule has 5 heterocycles. The third-order valence-corrected chi connectivity index (χ3v) is 14.6. The summed E-state index contributed by atoms with van der Waals surface area (Å²) in [5, 5.41) is 9.42. The zero-order chi connectivity index (χ0) is 48.0. The summed E-state index contributed by atoms with van der Waals surface area (Å²) in [6.07, 6.45) is 3.86. The molecule has 0 aliphatic heterocycles.